The number of hydrogen-bond donors (Lipinski definition) is 2. The first kappa shape index (κ1) is 29.9. The fourth-order valence-corrected chi connectivity index (χ4v) is 6.37. The van der Waals surface area contributed by atoms with Crippen LogP contribution in [-0.2, 0) is 6.18 Å². The molecular formula is C29H34ClF3N2O3S. The summed E-state index contributed by atoms with van der Waals surface area (Å²) < 4.78 is 44.1. The van der Waals surface area contributed by atoms with Crippen molar-refractivity contribution in [1.29, 1.82) is 0 Å². The van der Waals surface area contributed by atoms with E-state index in [2.05, 4.69) is 9.88 Å². The lowest BCUT2D eigenvalue weighted by molar-refractivity contribution is -0.137. The van der Waals surface area contributed by atoms with Crippen LogP contribution in [0.3, 0.4) is 0 Å². The molecule has 10 heteroatoms. The molecule has 0 bridgehead atoms. The van der Waals surface area contributed by atoms with Crippen molar-refractivity contribution in [2.45, 2.75) is 49.3 Å². The van der Waals surface area contributed by atoms with Gasteiger partial charge >= 0.3 is 6.18 Å². The van der Waals surface area contributed by atoms with Crippen molar-refractivity contribution in [3.05, 3.63) is 64.8 Å². The maximum absolute atomic E-state index is 12.9. The number of ether oxygens (including phenoxy) is 1. The molecule has 0 saturated carbocycles. The normalized spacial score (nSPS) is 16.9. The zero-order chi connectivity index (χ0) is 28.0. The predicted octanol–water partition coefficient (Wildman–Crippen LogP) is 6.99. The number of likely N-dealkylation sites (tertiary alicyclic amines) is 1. The summed E-state index contributed by atoms with van der Waals surface area (Å²) in [5, 5.41) is 22.6. The van der Waals surface area contributed by atoms with Gasteiger partial charge in [0.25, 0.3) is 0 Å². The lowest BCUT2D eigenvalue weighted by Gasteiger charge is -2.41. The molecule has 0 amide bonds. The van der Waals surface area contributed by atoms with Gasteiger partial charge in [0, 0.05) is 28.6 Å². The molecule has 3 aromatic rings. The van der Waals surface area contributed by atoms with Gasteiger partial charge in [0.15, 0.2) is 0 Å². The quantitative estimate of drug-likeness (QED) is 0.188. The SMILES string of the molecule is COc1ccc2ncc(Cl)c([C@H](O)CCC3(CO)CCN(CCCSc4cccc(C(F)(F)F)c4)CC3)c2c1. The second-order valence-electron chi connectivity index (χ2n) is 10.2. The van der Waals surface area contributed by atoms with Gasteiger partial charge < -0.3 is 19.8 Å². The summed E-state index contributed by atoms with van der Waals surface area (Å²) >= 11 is 7.90. The van der Waals surface area contributed by atoms with Gasteiger partial charge in [0.1, 0.15) is 5.75 Å². The Hall–Kier alpha value is -2.04. The van der Waals surface area contributed by atoms with E-state index in [4.69, 9.17) is 16.3 Å². The Balaban J connectivity index is 1.27. The van der Waals surface area contributed by atoms with Crippen LogP contribution < -0.4 is 4.74 Å². The van der Waals surface area contributed by atoms with E-state index in [1.54, 1.807) is 19.4 Å². The predicted molar refractivity (Wildman–Crippen MR) is 149 cm³/mol. The topological polar surface area (TPSA) is 65.8 Å². The van der Waals surface area contributed by atoms with E-state index in [-0.39, 0.29) is 12.0 Å². The summed E-state index contributed by atoms with van der Waals surface area (Å²) in [5.74, 6) is 1.40. The van der Waals surface area contributed by atoms with E-state index < -0.39 is 17.8 Å². The summed E-state index contributed by atoms with van der Waals surface area (Å²) in [6, 6.07) is 10.9. The van der Waals surface area contributed by atoms with Crippen molar-refractivity contribution in [2.75, 3.05) is 39.1 Å². The molecule has 1 aromatic heterocycles. The molecule has 1 saturated heterocycles. The maximum atomic E-state index is 12.9. The highest BCUT2D eigenvalue weighted by Crippen LogP contribution is 2.40. The number of rotatable bonds is 11. The summed E-state index contributed by atoms with van der Waals surface area (Å²) in [6.45, 7) is 2.58. The smallest absolute Gasteiger partial charge is 0.416 e. The Bertz CT molecular complexity index is 1250. The first-order valence-corrected chi connectivity index (χ1v) is 14.4. The highest BCUT2D eigenvalue weighted by molar-refractivity contribution is 7.99. The second-order valence-corrected chi connectivity index (χ2v) is 11.8. The molecule has 1 aliphatic rings. The third kappa shape index (κ3) is 7.58. The number of pyridine rings is 1. The third-order valence-corrected chi connectivity index (χ3v) is 9.03. The average molecular weight is 583 g/mol. The first-order chi connectivity index (χ1) is 18.6. The van der Waals surface area contributed by atoms with Crippen LogP contribution in [0.15, 0.2) is 53.6 Å². The highest BCUT2D eigenvalue weighted by atomic mass is 35.5. The Morgan fingerprint density at radius 1 is 1.18 bits per heavy atom. The number of hydrogen-bond acceptors (Lipinski definition) is 6. The summed E-state index contributed by atoms with van der Waals surface area (Å²) in [7, 11) is 1.59. The summed E-state index contributed by atoms with van der Waals surface area (Å²) in [5.41, 5.74) is 0.472. The number of piperidine rings is 1. The van der Waals surface area contributed by atoms with Gasteiger partial charge in [-0.05, 0) is 99.3 Å². The number of fused-ring (bicyclic) bond motifs is 1. The molecule has 5 nitrogen and oxygen atoms in total. The average Bonchev–Trinajstić information content (AvgIpc) is 2.94. The van der Waals surface area contributed by atoms with E-state index in [0.29, 0.717) is 34.1 Å². The Labute approximate surface area is 236 Å². The standard InChI is InChI=1S/C29H34ClF3N2O3S/c1-38-21-6-7-25-23(17-21)27(24(30)18-34-25)26(37)8-9-28(19-36)10-13-35(14-11-28)12-3-15-39-22-5-2-4-20(16-22)29(31,32)33/h2,4-7,16-18,26,36-37H,3,8-15,19H2,1H3/t26-/m1/s1. The van der Waals surface area contributed by atoms with Crippen LogP contribution in [0.2, 0.25) is 5.02 Å². The zero-order valence-electron chi connectivity index (χ0n) is 21.9. The van der Waals surface area contributed by atoms with Gasteiger partial charge in [-0.1, -0.05) is 17.7 Å². The molecule has 0 unspecified atom stereocenters. The van der Waals surface area contributed by atoms with Crippen LogP contribution in [0.25, 0.3) is 10.9 Å². The molecule has 2 aromatic carbocycles. The van der Waals surface area contributed by atoms with Gasteiger partial charge in [-0.2, -0.15) is 13.2 Å². The Morgan fingerprint density at radius 2 is 1.95 bits per heavy atom. The van der Waals surface area contributed by atoms with E-state index >= 15 is 0 Å². The van der Waals surface area contributed by atoms with Crippen molar-refractivity contribution in [1.82, 2.24) is 9.88 Å². The number of thioether (sulfide) groups is 1. The molecule has 2 heterocycles. The number of alkyl halides is 3. The molecule has 1 atom stereocenters. The molecule has 4 rings (SSSR count). The molecule has 1 fully saturated rings. The minimum Gasteiger partial charge on any atom is -0.497 e. The van der Waals surface area contributed by atoms with Crippen LogP contribution in [-0.4, -0.2) is 59.2 Å². The molecular weight excluding hydrogens is 549 g/mol. The largest absolute Gasteiger partial charge is 0.497 e. The van der Waals surface area contributed by atoms with Gasteiger partial charge in [-0.3, -0.25) is 4.98 Å². The van der Waals surface area contributed by atoms with Gasteiger partial charge in [0.05, 0.1) is 29.3 Å². The maximum Gasteiger partial charge on any atom is 0.416 e. The molecule has 0 aliphatic carbocycles. The molecule has 39 heavy (non-hydrogen) atoms. The van der Waals surface area contributed by atoms with E-state index in [0.717, 1.165) is 61.6 Å². The van der Waals surface area contributed by atoms with E-state index in [1.807, 2.05) is 18.2 Å². The van der Waals surface area contributed by atoms with Gasteiger partial charge in [-0.15, -0.1) is 11.8 Å². The number of aliphatic hydroxyl groups is 2. The van der Waals surface area contributed by atoms with Crippen LogP contribution in [0, 0.1) is 5.41 Å². The number of nitrogens with zero attached hydrogens (tertiary/aromatic N) is 2. The van der Waals surface area contributed by atoms with Crippen molar-refractivity contribution in [3.63, 3.8) is 0 Å². The summed E-state index contributed by atoms with van der Waals surface area (Å²) in [4.78, 5) is 7.33. The Morgan fingerprint density at radius 3 is 2.64 bits per heavy atom. The molecule has 0 spiro atoms. The van der Waals surface area contributed by atoms with Crippen molar-refractivity contribution in [2.24, 2.45) is 5.41 Å². The van der Waals surface area contributed by atoms with Crippen LogP contribution >= 0.6 is 23.4 Å². The number of methoxy groups -OCH3 is 1. The molecule has 1 aliphatic heterocycles. The minimum absolute atomic E-state index is 0.0532. The number of benzene rings is 2. The van der Waals surface area contributed by atoms with Gasteiger partial charge in [-0.25, -0.2) is 0 Å². The van der Waals surface area contributed by atoms with Crippen molar-refractivity contribution < 1.29 is 28.1 Å². The van der Waals surface area contributed by atoms with Gasteiger partial charge in [0.2, 0.25) is 0 Å². The minimum atomic E-state index is -4.33. The number of aliphatic hydroxyl groups excluding tert-OH is 2. The lowest BCUT2D eigenvalue weighted by atomic mass is 9.74. The zero-order valence-corrected chi connectivity index (χ0v) is 23.5. The number of halogens is 4. The molecule has 2 N–H and O–H groups in total. The number of aromatic nitrogens is 1. The van der Waals surface area contributed by atoms with Crippen LogP contribution in [0.5, 0.6) is 5.75 Å². The first-order valence-electron chi connectivity index (χ1n) is 13.1. The molecule has 212 valence electrons. The highest BCUT2D eigenvalue weighted by Gasteiger charge is 2.35. The van der Waals surface area contributed by atoms with Crippen LogP contribution in [0.1, 0.15) is 49.3 Å². The van der Waals surface area contributed by atoms with Crippen molar-refractivity contribution >= 4 is 34.3 Å². The lowest BCUT2D eigenvalue weighted by Crippen LogP contribution is -2.42. The van der Waals surface area contributed by atoms with Crippen molar-refractivity contribution in [3.8, 4) is 5.75 Å². The third-order valence-electron chi connectivity index (χ3n) is 7.65. The second kappa shape index (κ2) is 13.1. The monoisotopic (exact) mass is 582 g/mol. The fourth-order valence-electron chi connectivity index (χ4n) is 5.20. The van der Waals surface area contributed by atoms with E-state index in [9.17, 15) is 23.4 Å². The molecule has 0 radical (unpaired) electrons. The Kier molecular flexibility index (Phi) is 10.0. The fraction of sp³-hybridized carbons (Fsp3) is 0.483. The van der Waals surface area contributed by atoms with Crippen LogP contribution in [0.4, 0.5) is 13.2 Å². The summed E-state index contributed by atoms with van der Waals surface area (Å²) in [6.07, 6.45) is 0.0442. The van der Waals surface area contributed by atoms with E-state index in [1.165, 1.54) is 23.9 Å².